The van der Waals surface area contributed by atoms with Crippen LogP contribution in [0.25, 0.3) is 11.1 Å². The zero-order valence-corrected chi connectivity index (χ0v) is 21.2. The average molecular weight is 507 g/mol. The third-order valence-electron chi connectivity index (χ3n) is 6.91. The molecule has 3 amide bonds. The fourth-order valence-electron chi connectivity index (χ4n) is 5.23. The first-order chi connectivity index (χ1) is 17.5. The van der Waals surface area contributed by atoms with Crippen LogP contribution in [0.15, 0.2) is 42.5 Å². The number of carbonyl (C=O) groups is 3. The first-order valence-corrected chi connectivity index (χ1v) is 12.4. The molecule has 0 aromatic heterocycles. The molecule has 3 N–H and O–H groups in total. The van der Waals surface area contributed by atoms with Crippen molar-refractivity contribution in [1.82, 2.24) is 10.2 Å². The largest absolute Gasteiger partial charge is 0.444 e. The number of fused-ring (bicyclic) bond motifs is 2. The van der Waals surface area contributed by atoms with Crippen LogP contribution in [0, 0.1) is 23.1 Å². The van der Waals surface area contributed by atoms with Crippen LogP contribution < -0.4 is 11.1 Å². The van der Waals surface area contributed by atoms with Crippen molar-refractivity contribution in [3.63, 3.8) is 0 Å². The average Bonchev–Trinajstić information content (AvgIpc) is 3.45. The second-order valence-corrected chi connectivity index (χ2v) is 10.7. The number of hydrogen-bond donors (Lipinski definition) is 2. The first-order valence-electron chi connectivity index (χ1n) is 12.4. The first kappa shape index (κ1) is 26.1. The van der Waals surface area contributed by atoms with Gasteiger partial charge in [-0.15, -0.1) is 0 Å². The lowest BCUT2D eigenvalue weighted by molar-refractivity contribution is -0.128. The van der Waals surface area contributed by atoms with Gasteiger partial charge in [-0.2, -0.15) is 5.26 Å². The second kappa shape index (κ2) is 10.2. The number of hydrogen-bond acceptors (Lipinski definition) is 5. The minimum absolute atomic E-state index is 0.00818. The lowest BCUT2D eigenvalue weighted by atomic mass is 9.96. The Kier molecular flexibility index (Phi) is 7.21. The third-order valence-corrected chi connectivity index (χ3v) is 6.91. The third kappa shape index (κ3) is 5.74. The molecule has 1 aliphatic heterocycles. The summed E-state index contributed by atoms with van der Waals surface area (Å²) in [6.07, 6.45) is 1.82. The van der Waals surface area contributed by atoms with Crippen molar-refractivity contribution < 1.29 is 23.5 Å². The molecule has 37 heavy (non-hydrogen) atoms. The molecule has 2 aromatic carbocycles. The Balaban J connectivity index is 1.45. The number of amides is 3. The van der Waals surface area contributed by atoms with Crippen LogP contribution in [0.1, 0.15) is 56.0 Å². The van der Waals surface area contributed by atoms with E-state index in [1.807, 2.05) is 6.07 Å². The van der Waals surface area contributed by atoms with Gasteiger partial charge in [0.15, 0.2) is 0 Å². The number of nitrogens with zero attached hydrogens (tertiary/aromatic N) is 2. The number of rotatable bonds is 6. The summed E-state index contributed by atoms with van der Waals surface area (Å²) in [4.78, 5) is 38.9. The van der Waals surface area contributed by atoms with Crippen LogP contribution in [-0.2, 0) is 16.0 Å². The topological polar surface area (TPSA) is 126 Å². The number of halogens is 1. The van der Waals surface area contributed by atoms with Crippen molar-refractivity contribution in [2.45, 2.75) is 70.2 Å². The van der Waals surface area contributed by atoms with E-state index in [0.29, 0.717) is 16.7 Å². The summed E-state index contributed by atoms with van der Waals surface area (Å²) in [5, 5.41) is 12.4. The van der Waals surface area contributed by atoms with Crippen molar-refractivity contribution >= 4 is 17.9 Å². The Hall–Kier alpha value is -3.93. The van der Waals surface area contributed by atoms with Crippen LogP contribution in [0.5, 0.6) is 0 Å². The van der Waals surface area contributed by atoms with Gasteiger partial charge in [0.05, 0.1) is 6.07 Å². The van der Waals surface area contributed by atoms with E-state index in [-0.39, 0.29) is 23.9 Å². The molecule has 9 heteroatoms. The van der Waals surface area contributed by atoms with E-state index in [0.717, 1.165) is 19.3 Å². The van der Waals surface area contributed by atoms with Gasteiger partial charge < -0.3 is 15.8 Å². The van der Waals surface area contributed by atoms with Crippen molar-refractivity contribution in [2.24, 2.45) is 11.7 Å². The summed E-state index contributed by atoms with van der Waals surface area (Å²) >= 11 is 0. The summed E-state index contributed by atoms with van der Waals surface area (Å²) in [6, 6.07) is 11.5. The molecule has 2 aliphatic rings. The van der Waals surface area contributed by atoms with Crippen LogP contribution in [0.2, 0.25) is 0 Å². The lowest BCUT2D eigenvalue weighted by Crippen LogP contribution is -2.55. The van der Waals surface area contributed by atoms with Gasteiger partial charge in [0.1, 0.15) is 23.5 Å². The molecule has 1 aliphatic carbocycles. The number of benzene rings is 2. The van der Waals surface area contributed by atoms with Gasteiger partial charge in [0, 0.05) is 18.0 Å². The predicted molar refractivity (Wildman–Crippen MR) is 135 cm³/mol. The van der Waals surface area contributed by atoms with Crippen LogP contribution in [0.4, 0.5) is 9.18 Å². The Bertz CT molecular complexity index is 1250. The SMILES string of the molecule is CC(C)(C)OC(=O)N1C2CCC(C2)C1C(=O)NC(C#N)Cc1ccc(-c2ccc(C(N)=O)cc2)cc1F. The molecule has 4 rings (SSSR count). The summed E-state index contributed by atoms with van der Waals surface area (Å²) in [5.41, 5.74) is 6.52. The minimum atomic E-state index is -0.970. The molecule has 4 unspecified atom stereocenters. The van der Waals surface area contributed by atoms with E-state index in [9.17, 15) is 24.0 Å². The van der Waals surface area contributed by atoms with Gasteiger partial charge >= 0.3 is 6.09 Å². The maximum atomic E-state index is 15.0. The minimum Gasteiger partial charge on any atom is -0.444 e. The monoisotopic (exact) mass is 506 g/mol. The van der Waals surface area contributed by atoms with E-state index < -0.39 is 41.4 Å². The highest BCUT2D eigenvalue weighted by Gasteiger charge is 2.52. The molecule has 4 atom stereocenters. The Labute approximate surface area is 215 Å². The smallest absolute Gasteiger partial charge is 0.411 e. The summed E-state index contributed by atoms with van der Waals surface area (Å²) in [7, 11) is 0. The molecular formula is C28H31FN4O4. The highest BCUT2D eigenvalue weighted by molar-refractivity contribution is 5.93. The number of carbonyl (C=O) groups excluding carboxylic acids is 3. The number of nitriles is 1. The molecular weight excluding hydrogens is 475 g/mol. The Morgan fingerprint density at radius 3 is 2.43 bits per heavy atom. The Morgan fingerprint density at radius 2 is 1.84 bits per heavy atom. The maximum Gasteiger partial charge on any atom is 0.411 e. The molecule has 2 bridgehead atoms. The van der Waals surface area contributed by atoms with E-state index in [4.69, 9.17) is 10.5 Å². The fourth-order valence-corrected chi connectivity index (χ4v) is 5.23. The molecule has 1 saturated heterocycles. The van der Waals surface area contributed by atoms with Gasteiger partial charge in [-0.25, -0.2) is 9.18 Å². The number of nitrogens with one attached hydrogen (secondary N) is 1. The van der Waals surface area contributed by atoms with Crippen molar-refractivity contribution in [1.29, 1.82) is 5.26 Å². The van der Waals surface area contributed by atoms with E-state index in [1.54, 1.807) is 57.2 Å². The van der Waals surface area contributed by atoms with Gasteiger partial charge in [0.2, 0.25) is 11.8 Å². The molecule has 1 heterocycles. The summed E-state index contributed by atoms with van der Waals surface area (Å²) in [5.74, 6) is -1.47. The highest BCUT2D eigenvalue weighted by atomic mass is 19.1. The van der Waals surface area contributed by atoms with Crippen LogP contribution >= 0.6 is 0 Å². The zero-order valence-electron chi connectivity index (χ0n) is 21.2. The van der Waals surface area contributed by atoms with E-state index in [1.165, 1.54) is 11.0 Å². The summed E-state index contributed by atoms with van der Waals surface area (Å²) in [6.45, 7) is 5.32. The molecule has 0 spiro atoms. The van der Waals surface area contributed by atoms with Crippen molar-refractivity contribution in [3.8, 4) is 17.2 Å². The van der Waals surface area contributed by atoms with Gasteiger partial charge in [-0.3, -0.25) is 14.5 Å². The molecule has 8 nitrogen and oxygen atoms in total. The number of nitrogens with two attached hydrogens (primary N) is 1. The van der Waals surface area contributed by atoms with Gasteiger partial charge in [0.25, 0.3) is 0 Å². The fraction of sp³-hybridized carbons (Fsp3) is 0.429. The second-order valence-electron chi connectivity index (χ2n) is 10.7. The number of primary amides is 1. The standard InChI is InChI=1S/C28H31FN4O4/c1-28(2,3)37-27(36)33-22-11-10-20(13-22)24(33)26(35)32-21(15-30)12-19-9-8-18(14-23(19)29)16-4-6-17(7-5-16)25(31)34/h4-9,14,20-22,24H,10-13H2,1-3H3,(H2,31,34)(H,32,35). The lowest BCUT2D eigenvalue weighted by Gasteiger charge is -2.35. The molecule has 0 radical (unpaired) electrons. The van der Waals surface area contributed by atoms with E-state index >= 15 is 0 Å². The number of ether oxygens (including phenoxy) is 1. The van der Waals surface area contributed by atoms with Crippen LogP contribution in [0.3, 0.4) is 0 Å². The molecule has 2 fully saturated rings. The van der Waals surface area contributed by atoms with Gasteiger partial charge in [-0.05, 0) is 80.8 Å². The number of likely N-dealkylation sites (tertiary alicyclic amines) is 1. The molecule has 194 valence electrons. The van der Waals surface area contributed by atoms with Crippen molar-refractivity contribution in [2.75, 3.05) is 0 Å². The normalized spacial score (nSPS) is 21.3. The quantitative estimate of drug-likeness (QED) is 0.614. The van der Waals surface area contributed by atoms with Gasteiger partial charge in [-0.1, -0.05) is 24.3 Å². The highest BCUT2D eigenvalue weighted by Crippen LogP contribution is 2.43. The predicted octanol–water partition coefficient (Wildman–Crippen LogP) is 3.93. The Morgan fingerprint density at radius 1 is 1.16 bits per heavy atom. The van der Waals surface area contributed by atoms with E-state index in [2.05, 4.69) is 5.32 Å². The molecule has 2 aromatic rings. The maximum absolute atomic E-state index is 15.0. The molecule has 1 saturated carbocycles. The zero-order chi connectivity index (χ0) is 26.9. The number of piperidine rings is 1. The summed E-state index contributed by atoms with van der Waals surface area (Å²) < 4.78 is 20.5. The van der Waals surface area contributed by atoms with Crippen LogP contribution in [-0.4, -0.2) is 46.5 Å². The van der Waals surface area contributed by atoms with Crippen molar-refractivity contribution in [3.05, 3.63) is 59.4 Å².